The van der Waals surface area contributed by atoms with Crippen LogP contribution < -0.4 is 10.0 Å². The second-order valence-corrected chi connectivity index (χ2v) is 6.15. The largest absolute Gasteiger partial charge is 0.315 e. The molecule has 1 fully saturated rings. The number of nitrogens with zero attached hydrogens (tertiary/aromatic N) is 1. The SMILES string of the molecule is CCCCN(C)S(=O)(=O)N[C@@H]1CCCNC1. The molecule has 6 heteroatoms. The third-order valence-corrected chi connectivity index (χ3v) is 4.48. The fourth-order valence-electron chi connectivity index (χ4n) is 1.75. The molecule has 0 aromatic rings. The van der Waals surface area contributed by atoms with E-state index < -0.39 is 10.2 Å². The number of hydrogen-bond donors (Lipinski definition) is 2. The van der Waals surface area contributed by atoms with Gasteiger partial charge in [-0.2, -0.15) is 17.4 Å². The first kappa shape index (κ1) is 13.9. The smallest absolute Gasteiger partial charge is 0.279 e. The molecule has 0 saturated carbocycles. The predicted molar refractivity (Wildman–Crippen MR) is 65.5 cm³/mol. The van der Waals surface area contributed by atoms with Crippen LogP contribution in [0.5, 0.6) is 0 Å². The van der Waals surface area contributed by atoms with Gasteiger partial charge in [-0.1, -0.05) is 13.3 Å². The summed E-state index contributed by atoms with van der Waals surface area (Å²) in [6.45, 7) is 4.37. The summed E-state index contributed by atoms with van der Waals surface area (Å²) in [6, 6.07) is 0.0443. The zero-order chi connectivity index (χ0) is 12.0. The minimum Gasteiger partial charge on any atom is -0.315 e. The lowest BCUT2D eigenvalue weighted by Gasteiger charge is -2.26. The molecule has 0 aromatic carbocycles. The van der Waals surface area contributed by atoms with E-state index in [0.29, 0.717) is 6.54 Å². The molecule has 0 amide bonds. The normalized spacial score (nSPS) is 22.6. The molecule has 0 radical (unpaired) electrons. The van der Waals surface area contributed by atoms with E-state index in [9.17, 15) is 8.42 Å². The van der Waals surface area contributed by atoms with E-state index in [0.717, 1.165) is 38.8 Å². The number of hydrogen-bond acceptors (Lipinski definition) is 3. The molecule has 1 rings (SSSR count). The van der Waals surface area contributed by atoms with Gasteiger partial charge in [0.15, 0.2) is 0 Å². The molecule has 1 saturated heterocycles. The highest BCUT2D eigenvalue weighted by Gasteiger charge is 2.22. The first-order valence-corrected chi connectivity index (χ1v) is 7.44. The zero-order valence-electron chi connectivity index (χ0n) is 10.2. The standard InChI is InChI=1S/C10H23N3O2S/c1-3-4-8-13(2)16(14,15)12-10-6-5-7-11-9-10/h10-12H,3-9H2,1-2H3/t10-/m1/s1. The van der Waals surface area contributed by atoms with Crippen molar-refractivity contribution in [1.29, 1.82) is 0 Å². The van der Waals surface area contributed by atoms with E-state index in [2.05, 4.69) is 17.0 Å². The van der Waals surface area contributed by atoms with E-state index in [1.807, 2.05) is 0 Å². The molecule has 0 unspecified atom stereocenters. The Kier molecular flexibility index (Phi) is 5.68. The topological polar surface area (TPSA) is 61.4 Å². The molecule has 0 bridgehead atoms. The van der Waals surface area contributed by atoms with Gasteiger partial charge in [0.1, 0.15) is 0 Å². The molecule has 2 N–H and O–H groups in total. The molecular formula is C10H23N3O2S. The number of piperidine rings is 1. The Morgan fingerprint density at radius 1 is 1.50 bits per heavy atom. The molecule has 0 spiro atoms. The molecule has 0 aliphatic carbocycles. The van der Waals surface area contributed by atoms with Gasteiger partial charge in [0.25, 0.3) is 10.2 Å². The van der Waals surface area contributed by atoms with Crippen LogP contribution in [0.15, 0.2) is 0 Å². The summed E-state index contributed by atoms with van der Waals surface area (Å²) >= 11 is 0. The summed E-state index contributed by atoms with van der Waals surface area (Å²) in [5.41, 5.74) is 0. The van der Waals surface area contributed by atoms with Gasteiger partial charge < -0.3 is 5.32 Å². The van der Waals surface area contributed by atoms with Crippen LogP contribution in [0.4, 0.5) is 0 Å². The van der Waals surface area contributed by atoms with Crippen LogP contribution in [0.2, 0.25) is 0 Å². The summed E-state index contributed by atoms with van der Waals surface area (Å²) in [4.78, 5) is 0. The second-order valence-electron chi connectivity index (χ2n) is 4.34. The van der Waals surface area contributed by atoms with E-state index in [4.69, 9.17) is 0 Å². The highest BCUT2D eigenvalue weighted by Crippen LogP contribution is 2.05. The van der Waals surface area contributed by atoms with Crippen LogP contribution in [0.25, 0.3) is 0 Å². The van der Waals surface area contributed by atoms with Crippen molar-refractivity contribution in [3.63, 3.8) is 0 Å². The zero-order valence-corrected chi connectivity index (χ0v) is 11.0. The minimum atomic E-state index is -3.29. The quantitative estimate of drug-likeness (QED) is 0.712. The van der Waals surface area contributed by atoms with Crippen molar-refractivity contribution in [3.8, 4) is 0 Å². The molecule has 16 heavy (non-hydrogen) atoms. The lowest BCUT2D eigenvalue weighted by molar-refractivity contribution is 0.400. The predicted octanol–water partition coefficient (Wildman–Crippen LogP) is 0.305. The summed E-state index contributed by atoms with van der Waals surface area (Å²) in [5.74, 6) is 0. The number of nitrogens with one attached hydrogen (secondary N) is 2. The van der Waals surface area contributed by atoms with E-state index in [1.54, 1.807) is 7.05 Å². The van der Waals surface area contributed by atoms with Gasteiger partial charge in [-0.15, -0.1) is 0 Å². The number of unbranched alkanes of at least 4 members (excludes halogenated alkanes) is 1. The Hall–Kier alpha value is -0.170. The van der Waals surface area contributed by atoms with Crippen molar-refractivity contribution in [1.82, 2.24) is 14.3 Å². The maximum absolute atomic E-state index is 11.9. The Morgan fingerprint density at radius 3 is 2.81 bits per heavy atom. The van der Waals surface area contributed by atoms with E-state index in [1.165, 1.54) is 4.31 Å². The molecule has 1 aliphatic heterocycles. The van der Waals surface area contributed by atoms with Crippen LogP contribution in [-0.4, -0.2) is 45.4 Å². The van der Waals surface area contributed by atoms with Crippen molar-refractivity contribution >= 4 is 10.2 Å². The van der Waals surface area contributed by atoms with Gasteiger partial charge in [-0.3, -0.25) is 0 Å². The van der Waals surface area contributed by atoms with Crippen LogP contribution >= 0.6 is 0 Å². The highest BCUT2D eigenvalue weighted by molar-refractivity contribution is 7.87. The van der Waals surface area contributed by atoms with Crippen molar-refractivity contribution in [3.05, 3.63) is 0 Å². The van der Waals surface area contributed by atoms with Gasteiger partial charge in [-0.25, -0.2) is 0 Å². The first-order valence-electron chi connectivity index (χ1n) is 6.00. The maximum Gasteiger partial charge on any atom is 0.279 e. The fourth-order valence-corrected chi connectivity index (χ4v) is 2.93. The van der Waals surface area contributed by atoms with Crippen molar-refractivity contribution in [2.75, 3.05) is 26.7 Å². The molecule has 1 atom stereocenters. The van der Waals surface area contributed by atoms with Crippen molar-refractivity contribution in [2.24, 2.45) is 0 Å². The highest BCUT2D eigenvalue weighted by atomic mass is 32.2. The average Bonchev–Trinajstić information content (AvgIpc) is 2.26. The first-order chi connectivity index (χ1) is 7.56. The summed E-state index contributed by atoms with van der Waals surface area (Å²) in [6.07, 6.45) is 3.87. The Morgan fingerprint density at radius 2 is 2.25 bits per heavy atom. The number of rotatable bonds is 6. The Balaban J connectivity index is 2.42. The third-order valence-electron chi connectivity index (χ3n) is 2.85. The summed E-state index contributed by atoms with van der Waals surface area (Å²) in [7, 11) is -1.66. The molecule has 0 aromatic heterocycles. The average molecular weight is 249 g/mol. The Labute approximate surface area is 98.8 Å². The van der Waals surface area contributed by atoms with Crippen molar-refractivity contribution < 1.29 is 8.42 Å². The monoisotopic (exact) mass is 249 g/mol. The molecule has 1 heterocycles. The fraction of sp³-hybridized carbons (Fsp3) is 1.00. The van der Waals surface area contributed by atoms with Gasteiger partial charge in [-0.05, 0) is 25.8 Å². The second kappa shape index (κ2) is 6.54. The summed E-state index contributed by atoms with van der Waals surface area (Å²) in [5, 5.41) is 3.19. The van der Waals surface area contributed by atoms with Gasteiger partial charge in [0, 0.05) is 26.2 Å². The lowest BCUT2D eigenvalue weighted by Crippen LogP contribution is -2.49. The summed E-state index contributed by atoms with van der Waals surface area (Å²) < 4.78 is 27.9. The molecule has 1 aliphatic rings. The van der Waals surface area contributed by atoms with E-state index in [-0.39, 0.29) is 6.04 Å². The van der Waals surface area contributed by atoms with Crippen molar-refractivity contribution in [2.45, 2.75) is 38.6 Å². The van der Waals surface area contributed by atoms with Gasteiger partial charge in [0.2, 0.25) is 0 Å². The molecule has 5 nitrogen and oxygen atoms in total. The maximum atomic E-state index is 11.9. The van der Waals surface area contributed by atoms with Gasteiger partial charge >= 0.3 is 0 Å². The van der Waals surface area contributed by atoms with Crippen LogP contribution in [0.3, 0.4) is 0 Å². The van der Waals surface area contributed by atoms with E-state index >= 15 is 0 Å². The molecular weight excluding hydrogens is 226 g/mol. The minimum absolute atomic E-state index is 0.0443. The van der Waals surface area contributed by atoms with Crippen LogP contribution in [0.1, 0.15) is 32.6 Å². The van der Waals surface area contributed by atoms with Crippen LogP contribution in [0, 0.1) is 0 Å². The van der Waals surface area contributed by atoms with Gasteiger partial charge in [0.05, 0.1) is 0 Å². The van der Waals surface area contributed by atoms with Crippen LogP contribution in [-0.2, 0) is 10.2 Å². The third kappa shape index (κ3) is 4.37. The molecule has 96 valence electrons. The Bertz CT molecular complexity index is 286. The lowest BCUT2D eigenvalue weighted by atomic mass is 10.1.